The highest BCUT2D eigenvalue weighted by atomic mass is 16.5. The van der Waals surface area contributed by atoms with Crippen LogP contribution in [-0.2, 0) is 4.74 Å². The minimum Gasteiger partial charge on any atom is -0.383 e. The molecule has 2 atom stereocenters. The maximum absolute atomic E-state index is 12.7. The molecule has 0 spiro atoms. The molecule has 0 aliphatic carbocycles. The van der Waals surface area contributed by atoms with Crippen LogP contribution in [0.4, 0.5) is 4.79 Å². The summed E-state index contributed by atoms with van der Waals surface area (Å²) < 4.78 is 5.07. The summed E-state index contributed by atoms with van der Waals surface area (Å²) in [7, 11) is 1.63. The van der Waals surface area contributed by atoms with Gasteiger partial charge in [0.15, 0.2) is 0 Å². The monoisotopic (exact) mass is 320 g/mol. The summed E-state index contributed by atoms with van der Waals surface area (Å²) in [5.74, 6) is 0.0126. The molecule has 0 saturated carbocycles. The highest BCUT2D eigenvalue weighted by molar-refractivity contribution is 5.94. The van der Waals surface area contributed by atoms with Crippen molar-refractivity contribution in [3.63, 3.8) is 0 Å². The summed E-state index contributed by atoms with van der Waals surface area (Å²) in [6.07, 6.45) is 0.789. The van der Waals surface area contributed by atoms with Gasteiger partial charge >= 0.3 is 6.03 Å². The molecule has 1 aromatic rings. The minimum atomic E-state index is -0.0572. The number of hydrogen-bond acceptors (Lipinski definition) is 3. The molecule has 0 unspecified atom stereocenters. The van der Waals surface area contributed by atoms with E-state index in [9.17, 15) is 9.59 Å². The van der Waals surface area contributed by atoms with Crippen LogP contribution in [-0.4, -0.2) is 72.2 Å². The fraction of sp³-hybridized carbons (Fsp3) is 0.625. The van der Waals surface area contributed by atoms with Gasteiger partial charge in [0.1, 0.15) is 5.69 Å². The van der Waals surface area contributed by atoms with E-state index < -0.39 is 0 Å². The Labute approximate surface area is 136 Å². The second-order valence-corrected chi connectivity index (χ2v) is 6.36. The number of methoxy groups -OCH3 is 1. The van der Waals surface area contributed by atoms with Crippen molar-refractivity contribution in [3.05, 3.63) is 23.0 Å². The van der Waals surface area contributed by atoms with Gasteiger partial charge in [-0.1, -0.05) is 0 Å². The molecule has 2 aliphatic heterocycles. The summed E-state index contributed by atoms with van der Waals surface area (Å²) in [6, 6.07) is 2.06. The molecule has 23 heavy (non-hydrogen) atoms. The molecule has 2 fully saturated rings. The lowest BCUT2D eigenvalue weighted by Gasteiger charge is -2.36. The largest absolute Gasteiger partial charge is 0.383 e. The highest BCUT2D eigenvalue weighted by Gasteiger charge is 2.43. The van der Waals surface area contributed by atoms with Gasteiger partial charge in [0.05, 0.1) is 18.7 Å². The number of fused-ring (bicyclic) bond motifs is 1. The van der Waals surface area contributed by atoms with Crippen LogP contribution in [0.1, 0.15) is 28.2 Å². The third-order valence-electron chi connectivity index (χ3n) is 4.73. The van der Waals surface area contributed by atoms with Gasteiger partial charge in [-0.2, -0.15) is 0 Å². The normalized spacial score (nSPS) is 23.9. The Hall–Kier alpha value is -2.02. The van der Waals surface area contributed by atoms with E-state index in [0.717, 1.165) is 17.7 Å². The average molecular weight is 320 g/mol. The lowest BCUT2D eigenvalue weighted by molar-refractivity contribution is 0.0636. The number of aryl methyl sites for hydroxylation is 2. The minimum absolute atomic E-state index is 0.00609. The first-order valence-corrected chi connectivity index (χ1v) is 8.03. The number of amides is 3. The van der Waals surface area contributed by atoms with Crippen LogP contribution >= 0.6 is 0 Å². The van der Waals surface area contributed by atoms with E-state index in [1.807, 2.05) is 29.7 Å². The van der Waals surface area contributed by atoms with Crippen molar-refractivity contribution in [2.24, 2.45) is 0 Å². The highest BCUT2D eigenvalue weighted by Crippen LogP contribution is 2.24. The molecule has 0 aromatic carbocycles. The number of H-pyrrole nitrogens is 1. The van der Waals surface area contributed by atoms with Crippen LogP contribution in [0.2, 0.25) is 0 Å². The molecular weight excluding hydrogens is 296 g/mol. The van der Waals surface area contributed by atoms with Gasteiger partial charge in [0.2, 0.25) is 0 Å². The van der Waals surface area contributed by atoms with E-state index in [2.05, 4.69) is 10.3 Å². The maximum atomic E-state index is 12.7. The summed E-state index contributed by atoms with van der Waals surface area (Å²) in [5.41, 5.74) is 2.61. The molecule has 3 rings (SSSR count). The van der Waals surface area contributed by atoms with E-state index >= 15 is 0 Å². The smallest absolute Gasteiger partial charge is 0.318 e. The lowest BCUT2D eigenvalue weighted by atomic mass is 9.99. The average Bonchev–Trinajstić information content (AvgIpc) is 3.02. The topological polar surface area (TPSA) is 77.7 Å². The van der Waals surface area contributed by atoms with Crippen LogP contribution in [0.3, 0.4) is 0 Å². The van der Waals surface area contributed by atoms with E-state index in [1.54, 1.807) is 7.11 Å². The number of aromatic amines is 1. The Bertz CT molecular complexity index is 612. The van der Waals surface area contributed by atoms with Crippen LogP contribution in [0.5, 0.6) is 0 Å². The first-order valence-electron chi connectivity index (χ1n) is 8.03. The number of rotatable bonds is 4. The number of nitrogens with zero attached hydrogens (tertiary/aromatic N) is 2. The van der Waals surface area contributed by atoms with Crippen molar-refractivity contribution in [2.45, 2.75) is 32.4 Å². The lowest BCUT2D eigenvalue weighted by Crippen LogP contribution is -2.53. The van der Waals surface area contributed by atoms with Crippen LogP contribution in [0.15, 0.2) is 6.07 Å². The van der Waals surface area contributed by atoms with Gasteiger partial charge in [-0.15, -0.1) is 0 Å². The Morgan fingerprint density at radius 2 is 2.22 bits per heavy atom. The third kappa shape index (κ3) is 2.93. The molecule has 126 valence electrons. The van der Waals surface area contributed by atoms with E-state index in [0.29, 0.717) is 31.9 Å². The van der Waals surface area contributed by atoms with Crippen molar-refractivity contribution in [3.8, 4) is 0 Å². The SMILES string of the molecule is COCCN1C(=O)N[C@@H]2CN(C(=O)c3[nH]c(C)cc3C)CC[C@@H]21. The Balaban J connectivity index is 1.68. The number of urea groups is 1. The van der Waals surface area contributed by atoms with Gasteiger partial charge in [0, 0.05) is 32.4 Å². The molecule has 2 aliphatic rings. The summed E-state index contributed by atoms with van der Waals surface area (Å²) in [6.45, 7) is 6.22. The van der Waals surface area contributed by atoms with Crippen LogP contribution in [0.25, 0.3) is 0 Å². The standard InChI is InChI=1S/C16H24N4O3/c1-10-8-11(2)17-14(10)15(21)19-5-4-13-12(9-19)18-16(22)20(13)6-7-23-3/h8,12-13,17H,4-7,9H2,1-3H3,(H,18,22)/t12-,13+/m1/s1. The molecule has 0 bridgehead atoms. The van der Waals surface area contributed by atoms with Gasteiger partial charge in [-0.3, -0.25) is 4.79 Å². The van der Waals surface area contributed by atoms with Gasteiger partial charge in [-0.05, 0) is 31.9 Å². The van der Waals surface area contributed by atoms with E-state index in [4.69, 9.17) is 4.74 Å². The summed E-state index contributed by atoms with van der Waals surface area (Å²) in [4.78, 5) is 31.6. The first kappa shape index (κ1) is 15.9. The molecule has 3 heterocycles. The predicted molar refractivity (Wildman–Crippen MR) is 85.5 cm³/mol. The summed E-state index contributed by atoms with van der Waals surface area (Å²) in [5, 5.41) is 3.00. The Kier molecular flexibility index (Phi) is 4.30. The molecule has 2 N–H and O–H groups in total. The van der Waals surface area contributed by atoms with E-state index in [1.165, 1.54) is 0 Å². The maximum Gasteiger partial charge on any atom is 0.318 e. The van der Waals surface area contributed by atoms with Gasteiger partial charge in [-0.25, -0.2) is 4.79 Å². The number of aromatic nitrogens is 1. The number of likely N-dealkylation sites (tertiary alicyclic amines) is 1. The zero-order chi connectivity index (χ0) is 16.6. The zero-order valence-electron chi connectivity index (χ0n) is 13.9. The summed E-state index contributed by atoms with van der Waals surface area (Å²) >= 11 is 0. The second kappa shape index (κ2) is 6.23. The Morgan fingerprint density at radius 3 is 2.87 bits per heavy atom. The zero-order valence-corrected chi connectivity index (χ0v) is 13.9. The number of nitrogens with one attached hydrogen (secondary N) is 2. The van der Waals surface area contributed by atoms with Gasteiger partial charge < -0.3 is 24.8 Å². The molecular formula is C16H24N4O3. The molecule has 1 aromatic heterocycles. The molecule has 3 amide bonds. The number of carbonyl (C=O) groups is 2. The number of carbonyl (C=O) groups excluding carboxylic acids is 2. The second-order valence-electron chi connectivity index (χ2n) is 6.36. The van der Waals surface area contributed by atoms with E-state index in [-0.39, 0.29) is 24.0 Å². The Morgan fingerprint density at radius 1 is 1.43 bits per heavy atom. The van der Waals surface area contributed by atoms with Crippen molar-refractivity contribution in [1.29, 1.82) is 0 Å². The fourth-order valence-electron chi connectivity index (χ4n) is 3.60. The molecule has 7 nitrogen and oxygen atoms in total. The van der Waals surface area contributed by atoms with Crippen molar-refractivity contribution < 1.29 is 14.3 Å². The molecule has 2 saturated heterocycles. The number of hydrogen-bond donors (Lipinski definition) is 2. The van der Waals surface area contributed by atoms with Crippen LogP contribution < -0.4 is 5.32 Å². The number of piperidine rings is 1. The van der Waals surface area contributed by atoms with Gasteiger partial charge in [0.25, 0.3) is 5.91 Å². The fourth-order valence-corrected chi connectivity index (χ4v) is 3.60. The quantitative estimate of drug-likeness (QED) is 0.865. The first-order chi connectivity index (χ1) is 11.0. The molecule has 0 radical (unpaired) electrons. The molecule has 7 heteroatoms. The predicted octanol–water partition coefficient (Wildman–Crippen LogP) is 0.886. The van der Waals surface area contributed by atoms with Crippen molar-refractivity contribution >= 4 is 11.9 Å². The number of ether oxygens (including phenoxy) is 1. The van der Waals surface area contributed by atoms with Crippen molar-refractivity contribution in [1.82, 2.24) is 20.1 Å². The van der Waals surface area contributed by atoms with Crippen LogP contribution in [0, 0.1) is 13.8 Å². The third-order valence-corrected chi connectivity index (χ3v) is 4.73. The van der Waals surface area contributed by atoms with Crippen molar-refractivity contribution in [2.75, 3.05) is 33.4 Å².